The molecular weight excluding hydrogens is 357 g/mol. The van der Waals surface area contributed by atoms with Gasteiger partial charge < -0.3 is 9.47 Å². The Morgan fingerprint density at radius 3 is 2.35 bits per heavy atom. The van der Waals surface area contributed by atoms with E-state index in [0.717, 1.165) is 18.9 Å². The molecule has 2 fully saturated rings. The van der Waals surface area contributed by atoms with E-state index in [0.29, 0.717) is 26.1 Å². The third kappa shape index (κ3) is 4.21. The first-order chi connectivity index (χ1) is 12.3. The average Bonchev–Trinajstić information content (AvgIpc) is 3.42. The van der Waals surface area contributed by atoms with Gasteiger partial charge in [0.2, 0.25) is 10.0 Å². The van der Waals surface area contributed by atoms with Crippen LogP contribution >= 0.6 is 0 Å². The molecule has 0 radical (unpaired) electrons. The highest BCUT2D eigenvalue weighted by atomic mass is 32.2. The van der Waals surface area contributed by atoms with Gasteiger partial charge in [-0.1, -0.05) is 13.8 Å². The molecule has 1 heterocycles. The van der Waals surface area contributed by atoms with Crippen LogP contribution in [0.3, 0.4) is 0 Å². The van der Waals surface area contributed by atoms with Crippen LogP contribution in [0.4, 0.5) is 4.39 Å². The van der Waals surface area contributed by atoms with Crippen LogP contribution in [-0.2, 0) is 14.8 Å². The van der Waals surface area contributed by atoms with E-state index >= 15 is 0 Å². The van der Waals surface area contributed by atoms with Crippen molar-refractivity contribution >= 4 is 10.0 Å². The molecule has 26 heavy (non-hydrogen) atoms. The molecule has 7 heteroatoms. The number of nitrogens with zero attached hydrogens (tertiary/aromatic N) is 1. The first-order valence-corrected chi connectivity index (χ1v) is 10.8. The highest BCUT2D eigenvalue weighted by molar-refractivity contribution is 7.89. The van der Waals surface area contributed by atoms with Crippen LogP contribution in [0.1, 0.15) is 46.5 Å². The smallest absolute Gasteiger partial charge is 0.243 e. The molecule has 0 aromatic heterocycles. The van der Waals surface area contributed by atoms with Gasteiger partial charge in [0, 0.05) is 24.9 Å². The van der Waals surface area contributed by atoms with E-state index in [1.54, 1.807) is 4.31 Å². The van der Waals surface area contributed by atoms with Gasteiger partial charge >= 0.3 is 0 Å². The minimum absolute atomic E-state index is 0.00581. The Balaban J connectivity index is 1.82. The summed E-state index contributed by atoms with van der Waals surface area (Å²) in [6.45, 7) is 7.12. The lowest BCUT2D eigenvalue weighted by molar-refractivity contribution is 0.0240. The summed E-state index contributed by atoms with van der Waals surface area (Å²) in [5.41, 5.74) is 0. The Morgan fingerprint density at radius 1 is 1.15 bits per heavy atom. The van der Waals surface area contributed by atoms with Crippen LogP contribution in [0.25, 0.3) is 0 Å². The number of benzene rings is 1. The van der Waals surface area contributed by atoms with Gasteiger partial charge in [0.25, 0.3) is 0 Å². The van der Waals surface area contributed by atoms with E-state index in [1.165, 1.54) is 12.1 Å². The average molecular weight is 386 g/mol. The Labute approximate surface area is 155 Å². The number of hydrogen-bond donors (Lipinski definition) is 0. The van der Waals surface area contributed by atoms with Crippen LogP contribution in [0.5, 0.6) is 5.75 Å². The van der Waals surface area contributed by atoms with Gasteiger partial charge in [-0.25, -0.2) is 12.8 Å². The molecule has 0 bridgehead atoms. The normalized spacial score (nSPS) is 20.5. The Morgan fingerprint density at radius 2 is 1.81 bits per heavy atom. The summed E-state index contributed by atoms with van der Waals surface area (Å²) in [7, 11) is -3.74. The Bertz CT molecular complexity index is 727. The lowest BCUT2D eigenvalue weighted by Crippen LogP contribution is -2.43. The first kappa shape index (κ1) is 19.6. The molecule has 0 spiro atoms. The fraction of sp³-hybridized carbons (Fsp3) is 0.684. The van der Waals surface area contributed by atoms with Gasteiger partial charge in [0.15, 0.2) is 11.6 Å². The highest BCUT2D eigenvalue weighted by Gasteiger charge is 2.42. The first-order valence-electron chi connectivity index (χ1n) is 9.38. The van der Waals surface area contributed by atoms with Crippen molar-refractivity contribution in [1.82, 2.24) is 4.31 Å². The van der Waals surface area contributed by atoms with Gasteiger partial charge in [-0.05, 0) is 43.9 Å². The van der Waals surface area contributed by atoms with Crippen LogP contribution in [0.2, 0.25) is 0 Å². The minimum atomic E-state index is -3.74. The summed E-state index contributed by atoms with van der Waals surface area (Å²) in [6.07, 6.45) is 3.06. The van der Waals surface area contributed by atoms with Crippen LogP contribution in [0, 0.1) is 11.7 Å². The molecule has 0 N–H and O–H groups in total. The van der Waals surface area contributed by atoms with Crippen molar-refractivity contribution in [3.8, 4) is 5.75 Å². The number of rotatable bonds is 7. The van der Waals surface area contributed by atoms with Crippen molar-refractivity contribution in [3.05, 3.63) is 24.0 Å². The monoisotopic (exact) mass is 385 g/mol. The lowest BCUT2D eigenvalue weighted by atomic mass is 10.1. The lowest BCUT2D eigenvalue weighted by Gasteiger charge is -2.31. The summed E-state index contributed by atoms with van der Waals surface area (Å²) in [6, 6.07) is 3.87. The fourth-order valence-corrected chi connectivity index (χ4v) is 5.22. The highest BCUT2D eigenvalue weighted by Crippen LogP contribution is 2.36. The molecule has 1 saturated heterocycles. The van der Waals surface area contributed by atoms with Crippen LogP contribution < -0.4 is 4.74 Å². The van der Waals surface area contributed by atoms with Crippen molar-refractivity contribution in [1.29, 1.82) is 0 Å². The molecule has 3 rings (SSSR count). The number of sulfonamides is 1. The molecular formula is C19H28FNO4S. The van der Waals surface area contributed by atoms with Crippen molar-refractivity contribution in [2.75, 3.05) is 13.2 Å². The molecule has 1 aromatic rings. The molecule has 5 nitrogen and oxygen atoms in total. The molecule has 1 aromatic carbocycles. The van der Waals surface area contributed by atoms with Gasteiger partial charge in [-0.2, -0.15) is 4.31 Å². The molecule has 1 aliphatic heterocycles. The zero-order valence-corrected chi connectivity index (χ0v) is 16.5. The summed E-state index contributed by atoms with van der Waals surface area (Å²) in [5.74, 6) is -0.345. The molecule has 1 saturated carbocycles. The maximum atomic E-state index is 14.5. The Kier molecular flexibility index (Phi) is 5.89. The quantitative estimate of drug-likeness (QED) is 0.720. The topological polar surface area (TPSA) is 55.8 Å². The summed E-state index contributed by atoms with van der Waals surface area (Å²) in [5, 5.41) is 0. The predicted octanol–water partition coefficient (Wildman–Crippen LogP) is 3.58. The van der Waals surface area contributed by atoms with Gasteiger partial charge in [0.1, 0.15) is 6.10 Å². The Hall–Kier alpha value is -1.18. The van der Waals surface area contributed by atoms with Gasteiger partial charge in [0.05, 0.1) is 18.1 Å². The van der Waals surface area contributed by atoms with Gasteiger partial charge in [-0.15, -0.1) is 0 Å². The second kappa shape index (κ2) is 7.82. The largest absolute Gasteiger partial charge is 0.487 e. The summed E-state index contributed by atoms with van der Waals surface area (Å²) >= 11 is 0. The van der Waals surface area contributed by atoms with E-state index < -0.39 is 15.8 Å². The molecule has 0 amide bonds. The predicted molar refractivity (Wildman–Crippen MR) is 97.2 cm³/mol. The van der Waals surface area contributed by atoms with Crippen LogP contribution in [-0.4, -0.2) is 44.1 Å². The van der Waals surface area contributed by atoms with E-state index in [2.05, 4.69) is 0 Å². The van der Waals surface area contributed by atoms with Crippen molar-refractivity contribution in [2.24, 2.45) is 5.92 Å². The zero-order valence-electron chi connectivity index (χ0n) is 15.7. The van der Waals surface area contributed by atoms with Crippen molar-refractivity contribution in [3.63, 3.8) is 0 Å². The van der Waals surface area contributed by atoms with Crippen molar-refractivity contribution in [2.45, 2.75) is 69.5 Å². The standard InChI is InChI=1S/C19H28FNO4S/c1-13(2)14(3)21(15-4-5-15)26(22,23)17-6-7-19(18(20)12-17)25-16-8-10-24-11-9-16/h6-7,12-16H,4-5,8-11H2,1-3H3. The molecule has 2 aliphatic rings. The maximum Gasteiger partial charge on any atom is 0.243 e. The molecule has 1 atom stereocenters. The van der Waals surface area contributed by atoms with Crippen molar-refractivity contribution < 1.29 is 22.3 Å². The number of ether oxygens (including phenoxy) is 2. The maximum absolute atomic E-state index is 14.5. The summed E-state index contributed by atoms with van der Waals surface area (Å²) < 4.78 is 53.3. The van der Waals surface area contributed by atoms with E-state index in [1.807, 2.05) is 20.8 Å². The molecule has 1 unspecified atom stereocenters. The number of hydrogen-bond acceptors (Lipinski definition) is 4. The van der Waals surface area contributed by atoms with E-state index in [4.69, 9.17) is 9.47 Å². The molecule has 1 aliphatic carbocycles. The minimum Gasteiger partial charge on any atom is -0.487 e. The summed E-state index contributed by atoms with van der Waals surface area (Å²) in [4.78, 5) is -0.00581. The van der Waals surface area contributed by atoms with Gasteiger partial charge in [-0.3, -0.25) is 0 Å². The zero-order chi connectivity index (χ0) is 18.9. The fourth-order valence-electron chi connectivity index (χ4n) is 3.20. The second-order valence-corrected chi connectivity index (χ2v) is 9.42. The molecule has 146 valence electrons. The SMILES string of the molecule is CC(C)C(C)N(C1CC1)S(=O)(=O)c1ccc(OC2CCOCC2)c(F)c1. The van der Waals surface area contributed by atoms with E-state index in [9.17, 15) is 12.8 Å². The number of halogens is 1. The second-order valence-electron chi connectivity index (χ2n) is 7.57. The van der Waals surface area contributed by atoms with E-state index in [-0.39, 0.29) is 34.8 Å². The third-order valence-corrected chi connectivity index (χ3v) is 7.25. The third-order valence-electron chi connectivity index (χ3n) is 5.21. The van der Waals surface area contributed by atoms with Crippen LogP contribution in [0.15, 0.2) is 23.1 Å².